The smallest absolute Gasteiger partial charge is 0.252 e. The number of aromatic amines is 2. The van der Waals surface area contributed by atoms with Crippen LogP contribution in [0.15, 0.2) is 53.3 Å². The van der Waals surface area contributed by atoms with E-state index in [1.165, 1.54) is 0 Å². The lowest BCUT2D eigenvalue weighted by Crippen LogP contribution is -2.11. The number of fused-ring (bicyclic) bond motifs is 3. The van der Waals surface area contributed by atoms with Crippen LogP contribution in [-0.4, -0.2) is 9.97 Å². The maximum atomic E-state index is 12.4. The van der Waals surface area contributed by atoms with Gasteiger partial charge in [-0.1, -0.05) is 48.0 Å². The van der Waals surface area contributed by atoms with Gasteiger partial charge in [0, 0.05) is 32.6 Å². The van der Waals surface area contributed by atoms with E-state index in [4.69, 9.17) is 11.6 Å². The van der Waals surface area contributed by atoms with Crippen LogP contribution < -0.4 is 5.56 Å². The van der Waals surface area contributed by atoms with Crippen LogP contribution >= 0.6 is 11.6 Å². The molecular formula is C18H13ClN2O. The quantitative estimate of drug-likeness (QED) is 0.529. The highest BCUT2D eigenvalue weighted by Crippen LogP contribution is 2.35. The van der Waals surface area contributed by atoms with Crippen molar-refractivity contribution in [3.8, 4) is 11.1 Å². The van der Waals surface area contributed by atoms with Crippen LogP contribution in [0.25, 0.3) is 33.1 Å². The molecule has 2 heterocycles. The Kier molecular flexibility index (Phi) is 2.84. The van der Waals surface area contributed by atoms with Crippen LogP contribution in [0.3, 0.4) is 0 Å². The van der Waals surface area contributed by atoms with Gasteiger partial charge in [-0.3, -0.25) is 4.79 Å². The summed E-state index contributed by atoms with van der Waals surface area (Å²) in [5.74, 6) is 0. The fourth-order valence-corrected chi connectivity index (χ4v) is 3.20. The van der Waals surface area contributed by atoms with Gasteiger partial charge in [0.05, 0.1) is 11.0 Å². The maximum absolute atomic E-state index is 12.4. The molecule has 0 aliphatic carbocycles. The summed E-state index contributed by atoms with van der Waals surface area (Å²) in [5, 5.41) is 1.64. The van der Waals surface area contributed by atoms with Gasteiger partial charge in [0.25, 0.3) is 5.56 Å². The second-order valence-electron chi connectivity index (χ2n) is 5.35. The summed E-state index contributed by atoms with van der Waals surface area (Å²) in [4.78, 5) is 18.8. The van der Waals surface area contributed by atoms with Crippen LogP contribution in [0.1, 0.15) is 5.56 Å². The Labute approximate surface area is 131 Å². The summed E-state index contributed by atoms with van der Waals surface area (Å²) in [7, 11) is 0. The number of pyridine rings is 1. The minimum Gasteiger partial charge on any atom is -0.353 e. The number of nitrogens with one attached hydrogen (secondary N) is 2. The minimum atomic E-state index is -0.0906. The molecule has 0 spiro atoms. The zero-order valence-corrected chi connectivity index (χ0v) is 12.7. The first-order valence-corrected chi connectivity index (χ1v) is 7.43. The lowest BCUT2D eigenvalue weighted by atomic mass is 10.0. The molecule has 0 unspecified atom stereocenters. The maximum Gasteiger partial charge on any atom is 0.252 e. The lowest BCUT2D eigenvalue weighted by Gasteiger charge is -2.09. The van der Waals surface area contributed by atoms with Crippen molar-refractivity contribution in [1.82, 2.24) is 9.97 Å². The first-order chi connectivity index (χ1) is 10.7. The molecule has 0 bridgehead atoms. The first kappa shape index (κ1) is 13.2. The Morgan fingerprint density at radius 3 is 2.45 bits per heavy atom. The predicted molar refractivity (Wildman–Crippen MR) is 91.6 cm³/mol. The largest absolute Gasteiger partial charge is 0.353 e. The van der Waals surface area contributed by atoms with Crippen molar-refractivity contribution in [3.63, 3.8) is 0 Å². The van der Waals surface area contributed by atoms with Gasteiger partial charge in [-0.05, 0) is 19.1 Å². The molecule has 108 valence electrons. The van der Waals surface area contributed by atoms with Crippen LogP contribution in [0.5, 0.6) is 0 Å². The molecule has 0 aliphatic heterocycles. The van der Waals surface area contributed by atoms with Crippen LogP contribution in [0.4, 0.5) is 0 Å². The van der Waals surface area contributed by atoms with Gasteiger partial charge in [-0.2, -0.15) is 0 Å². The van der Waals surface area contributed by atoms with Crippen LogP contribution in [0.2, 0.25) is 5.02 Å². The molecule has 4 aromatic rings. The van der Waals surface area contributed by atoms with Gasteiger partial charge in [0.15, 0.2) is 0 Å². The molecule has 22 heavy (non-hydrogen) atoms. The molecular weight excluding hydrogens is 296 g/mol. The number of rotatable bonds is 1. The summed E-state index contributed by atoms with van der Waals surface area (Å²) < 4.78 is 0. The number of benzene rings is 2. The number of para-hydroxylation sites is 1. The fraction of sp³-hybridized carbons (Fsp3) is 0.0556. The summed E-state index contributed by atoms with van der Waals surface area (Å²) in [6.07, 6.45) is 0. The molecule has 4 rings (SSSR count). The van der Waals surface area contributed by atoms with E-state index in [0.717, 1.165) is 33.1 Å². The number of H-pyrrole nitrogens is 2. The van der Waals surface area contributed by atoms with E-state index in [1.54, 1.807) is 0 Å². The third-order valence-electron chi connectivity index (χ3n) is 4.05. The topological polar surface area (TPSA) is 48.6 Å². The molecule has 0 aliphatic rings. The van der Waals surface area contributed by atoms with Crippen molar-refractivity contribution < 1.29 is 0 Å². The fourth-order valence-electron chi connectivity index (χ4n) is 2.97. The van der Waals surface area contributed by atoms with Crippen molar-refractivity contribution in [2.45, 2.75) is 6.92 Å². The van der Waals surface area contributed by atoms with Gasteiger partial charge < -0.3 is 9.97 Å². The van der Waals surface area contributed by atoms with Gasteiger partial charge >= 0.3 is 0 Å². The van der Waals surface area contributed by atoms with Crippen molar-refractivity contribution in [3.05, 3.63) is 69.5 Å². The van der Waals surface area contributed by atoms with E-state index in [0.29, 0.717) is 10.6 Å². The number of halogens is 1. The molecule has 4 heteroatoms. The zero-order valence-electron chi connectivity index (χ0n) is 11.9. The Bertz CT molecular complexity index is 1080. The predicted octanol–water partition coefficient (Wildman–Crippen LogP) is 4.64. The summed E-state index contributed by atoms with van der Waals surface area (Å²) in [6.45, 7) is 1.82. The molecule has 2 aromatic heterocycles. The Balaban J connectivity index is 2.24. The lowest BCUT2D eigenvalue weighted by molar-refractivity contribution is 1.24. The monoisotopic (exact) mass is 308 g/mol. The molecule has 2 N–H and O–H groups in total. The van der Waals surface area contributed by atoms with E-state index < -0.39 is 0 Å². The van der Waals surface area contributed by atoms with E-state index >= 15 is 0 Å². The summed E-state index contributed by atoms with van der Waals surface area (Å²) in [6, 6.07) is 15.5. The molecule has 0 fully saturated rings. The Hall–Kier alpha value is -2.52. The van der Waals surface area contributed by atoms with Gasteiger partial charge in [0.2, 0.25) is 0 Å². The average molecular weight is 309 g/mol. The number of aromatic nitrogens is 2. The second-order valence-corrected chi connectivity index (χ2v) is 5.76. The van der Waals surface area contributed by atoms with Crippen LogP contribution in [-0.2, 0) is 0 Å². The van der Waals surface area contributed by atoms with Crippen molar-refractivity contribution in [2.24, 2.45) is 0 Å². The normalized spacial score (nSPS) is 11.4. The number of hydrogen-bond acceptors (Lipinski definition) is 1. The van der Waals surface area contributed by atoms with E-state index in [-0.39, 0.29) is 5.56 Å². The van der Waals surface area contributed by atoms with Crippen molar-refractivity contribution >= 4 is 33.5 Å². The summed E-state index contributed by atoms with van der Waals surface area (Å²) >= 11 is 6.36. The number of hydrogen-bond donors (Lipinski definition) is 2. The van der Waals surface area contributed by atoms with Crippen LogP contribution in [0, 0.1) is 6.92 Å². The second kappa shape index (κ2) is 4.75. The SMILES string of the molecule is Cc1c(-c2ccccc2Cl)c2[nH]c3ccccc3c2[nH]c1=O. The molecule has 2 aromatic carbocycles. The van der Waals surface area contributed by atoms with Crippen molar-refractivity contribution in [2.75, 3.05) is 0 Å². The highest BCUT2D eigenvalue weighted by atomic mass is 35.5. The van der Waals surface area contributed by atoms with Gasteiger partial charge in [-0.25, -0.2) is 0 Å². The molecule has 0 atom stereocenters. The van der Waals surface area contributed by atoms with Gasteiger partial charge in [0.1, 0.15) is 0 Å². The van der Waals surface area contributed by atoms with Crippen molar-refractivity contribution in [1.29, 1.82) is 0 Å². The average Bonchev–Trinajstić information content (AvgIpc) is 2.88. The van der Waals surface area contributed by atoms with E-state index in [2.05, 4.69) is 9.97 Å². The zero-order chi connectivity index (χ0) is 15.3. The standard InChI is InChI=1S/C18H13ClN2O/c1-10-15(11-6-2-4-8-13(11)19)17-16(21-18(10)22)12-7-3-5-9-14(12)20-17/h2-9,20H,1H3,(H,21,22). The summed E-state index contributed by atoms with van der Waals surface area (Å²) in [5.41, 5.74) is 5.02. The molecule has 0 amide bonds. The third-order valence-corrected chi connectivity index (χ3v) is 4.38. The molecule has 0 radical (unpaired) electrons. The van der Waals surface area contributed by atoms with Gasteiger partial charge in [-0.15, -0.1) is 0 Å². The highest BCUT2D eigenvalue weighted by Gasteiger charge is 2.16. The first-order valence-electron chi connectivity index (χ1n) is 7.05. The van der Waals surface area contributed by atoms with E-state index in [9.17, 15) is 4.79 Å². The molecule has 0 saturated carbocycles. The Morgan fingerprint density at radius 1 is 0.909 bits per heavy atom. The highest BCUT2D eigenvalue weighted by molar-refractivity contribution is 6.33. The molecule has 3 nitrogen and oxygen atoms in total. The third kappa shape index (κ3) is 1.79. The Morgan fingerprint density at radius 2 is 1.64 bits per heavy atom. The van der Waals surface area contributed by atoms with E-state index in [1.807, 2.05) is 55.5 Å². The minimum absolute atomic E-state index is 0.0906. The molecule has 0 saturated heterocycles.